The van der Waals surface area contributed by atoms with E-state index < -0.39 is 16.0 Å². The Kier molecular flexibility index (Phi) is 5.40. The van der Waals surface area contributed by atoms with Crippen LogP contribution >= 0.6 is 15.9 Å². The van der Waals surface area contributed by atoms with Gasteiger partial charge < -0.3 is 9.47 Å². The van der Waals surface area contributed by atoms with Crippen LogP contribution in [-0.2, 0) is 21.4 Å². The van der Waals surface area contributed by atoms with Crippen LogP contribution in [0.2, 0.25) is 0 Å². The van der Waals surface area contributed by atoms with Gasteiger partial charge in [-0.25, -0.2) is 18.4 Å². The summed E-state index contributed by atoms with van der Waals surface area (Å²) >= 11 is 3.36. The molecule has 0 atom stereocenters. The standard InChI is InChI=1S/C15H14BrNO5S/c1-21-13-7-6-10(8-14(13)23(17,19)20)15(18)22-9-11-4-2-3-5-12(11)16/h2-8H,9H2,1H3,(H2,17,19,20). The third-order valence-electron chi connectivity index (χ3n) is 3.02. The van der Waals surface area contributed by atoms with E-state index in [0.717, 1.165) is 16.1 Å². The first kappa shape index (κ1) is 17.5. The second-order valence-corrected chi connectivity index (χ2v) is 6.96. The highest BCUT2D eigenvalue weighted by Crippen LogP contribution is 2.24. The summed E-state index contributed by atoms with van der Waals surface area (Å²) in [4.78, 5) is 11.8. The van der Waals surface area contributed by atoms with Crippen LogP contribution in [-0.4, -0.2) is 21.5 Å². The molecule has 0 unspecified atom stereocenters. The first-order valence-electron chi connectivity index (χ1n) is 6.44. The second-order valence-electron chi connectivity index (χ2n) is 4.58. The van der Waals surface area contributed by atoms with Crippen LogP contribution < -0.4 is 9.88 Å². The van der Waals surface area contributed by atoms with E-state index in [2.05, 4.69) is 15.9 Å². The zero-order valence-corrected chi connectivity index (χ0v) is 14.6. The van der Waals surface area contributed by atoms with E-state index >= 15 is 0 Å². The van der Waals surface area contributed by atoms with Gasteiger partial charge in [0.2, 0.25) is 10.0 Å². The van der Waals surface area contributed by atoms with Gasteiger partial charge in [0.15, 0.2) is 0 Å². The molecule has 0 radical (unpaired) electrons. The maximum absolute atomic E-state index is 12.1. The molecule has 0 aromatic heterocycles. The summed E-state index contributed by atoms with van der Waals surface area (Å²) in [6, 6.07) is 11.2. The summed E-state index contributed by atoms with van der Waals surface area (Å²) in [5.41, 5.74) is 0.864. The van der Waals surface area contributed by atoms with Crippen molar-refractivity contribution in [3.63, 3.8) is 0 Å². The molecule has 0 heterocycles. The van der Waals surface area contributed by atoms with Crippen molar-refractivity contribution < 1.29 is 22.7 Å². The molecule has 0 fully saturated rings. The van der Waals surface area contributed by atoms with E-state index in [0.29, 0.717) is 0 Å². The minimum absolute atomic E-state index is 0.0526. The number of benzene rings is 2. The predicted octanol–water partition coefficient (Wildman–Crippen LogP) is 2.46. The van der Waals surface area contributed by atoms with Gasteiger partial charge in [0, 0.05) is 10.0 Å². The molecule has 8 heteroatoms. The first-order valence-corrected chi connectivity index (χ1v) is 8.78. The summed E-state index contributed by atoms with van der Waals surface area (Å²) in [6.45, 7) is 0.0526. The van der Waals surface area contributed by atoms with Gasteiger partial charge in [-0.3, -0.25) is 0 Å². The minimum Gasteiger partial charge on any atom is -0.495 e. The third-order valence-corrected chi connectivity index (χ3v) is 4.73. The van der Waals surface area contributed by atoms with Crippen LogP contribution in [0.15, 0.2) is 51.8 Å². The van der Waals surface area contributed by atoms with Crippen LogP contribution in [0.25, 0.3) is 0 Å². The molecule has 2 aromatic rings. The number of nitrogens with two attached hydrogens (primary N) is 1. The summed E-state index contributed by atoms with van der Waals surface area (Å²) in [6.07, 6.45) is 0. The Morgan fingerprint density at radius 3 is 2.52 bits per heavy atom. The molecular weight excluding hydrogens is 386 g/mol. The topological polar surface area (TPSA) is 95.7 Å². The lowest BCUT2D eigenvalue weighted by Crippen LogP contribution is -2.15. The van der Waals surface area contributed by atoms with E-state index in [1.807, 2.05) is 18.2 Å². The highest BCUT2D eigenvalue weighted by atomic mass is 79.9. The van der Waals surface area contributed by atoms with E-state index in [-0.39, 0.29) is 22.8 Å². The van der Waals surface area contributed by atoms with Crippen LogP contribution in [0, 0.1) is 0 Å². The molecule has 0 aliphatic rings. The molecule has 0 saturated heterocycles. The molecule has 23 heavy (non-hydrogen) atoms. The highest BCUT2D eigenvalue weighted by molar-refractivity contribution is 9.10. The number of rotatable bonds is 5. The van der Waals surface area contributed by atoms with Gasteiger partial charge in [-0.1, -0.05) is 34.1 Å². The van der Waals surface area contributed by atoms with Gasteiger partial charge in [-0.05, 0) is 24.3 Å². The van der Waals surface area contributed by atoms with Crippen molar-refractivity contribution in [2.24, 2.45) is 5.14 Å². The molecule has 2 N–H and O–H groups in total. The summed E-state index contributed by atoms with van der Waals surface area (Å²) < 4.78 is 34.0. The largest absolute Gasteiger partial charge is 0.495 e. The fourth-order valence-corrected chi connectivity index (χ4v) is 2.99. The van der Waals surface area contributed by atoms with E-state index in [4.69, 9.17) is 14.6 Å². The number of sulfonamides is 1. The fraction of sp³-hybridized carbons (Fsp3) is 0.133. The number of hydrogen-bond donors (Lipinski definition) is 1. The average molecular weight is 400 g/mol. The number of methoxy groups -OCH3 is 1. The van der Waals surface area contributed by atoms with Gasteiger partial charge in [0.25, 0.3) is 0 Å². The smallest absolute Gasteiger partial charge is 0.338 e. The minimum atomic E-state index is -4.02. The molecule has 122 valence electrons. The second kappa shape index (κ2) is 7.12. The maximum atomic E-state index is 12.1. The molecule has 0 spiro atoms. The molecule has 0 saturated carbocycles. The Bertz CT molecular complexity index is 836. The highest BCUT2D eigenvalue weighted by Gasteiger charge is 2.19. The van der Waals surface area contributed by atoms with E-state index in [9.17, 15) is 13.2 Å². The van der Waals surface area contributed by atoms with Crippen molar-refractivity contribution in [1.82, 2.24) is 0 Å². The number of carbonyl (C=O) groups is 1. The van der Waals surface area contributed by atoms with Gasteiger partial charge in [-0.2, -0.15) is 0 Å². The summed E-state index contributed by atoms with van der Waals surface area (Å²) in [5.74, 6) is -0.594. The molecular formula is C15H14BrNO5S. The zero-order valence-electron chi connectivity index (χ0n) is 12.2. The molecule has 2 aromatic carbocycles. The Morgan fingerprint density at radius 2 is 1.91 bits per heavy atom. The lowest BCUT2D eigenvalue weighted by molar-refractivity contribution is 0.0471. The van der Waals surface area contributed by atoms with Crippen LogP contribution in [0.5, 0.6) is 5.75 Å². The number of esters is 1. The van der Waals surface area contributed by atoms with Crippen molar-refractivity contribution in [2.45, 2.75) is 11.5 Å². The molecule has 0 aliphatic heterocycles. The Hall–Kier alpha value is -1.90. The van der Waals surface area contributed by atoms with Gasteiger partial charge >= 0.3 is 5.97 Å². The van der Waals surface area contributed by atoms with E-state index in [1.165, 1.54) is 19.2 Å². The number of hydrogen-bond acceptors (Lipinski definition) is 5. The van der Waals surface area contributed by atoms with Crippen molar-refractivity contribution in [1.29, 1.82) is 0 Å². The van der Waals surface area contributed by atoms with Crippen molar-refractivity contribution in [3.8, 4) is 5.75 Å². The number of carbonyl (C=O) groups excluding carboxylic acids is 1. The lowest BCUT2D eigenvalue weighted by atomic mass is 10.2. The fourth-order valence-electron chi connectivity index (χ4n) is 1.87. The van der Waals surface area contributed by atoms with E-state index in [1.54, 1.807) is 6.07 Å². The quantitative estimate of drug-likeness (QED) is 0.778. The van der Waals surface area contributed by atoms with Gasteiger partial charge in [-0.15, -0.1) is 0 Å². The Labute approximate surface area is 142 Å². The monoisotopic (exact) mass is 399 g/mol. The molecule has 0 amide bonds. The van der Waals surface area contributed by atoms with Crippen LogP contribution in [0.1, 0.15) is 15.9 Å². The number of ether oxygens (including phenoxy) is 2. The van der Waals surface area contributed by atoms with Crippen LogP contribution in [0.4, 0.5) is 0 Å². The Balaban J connectivity index is 2.22. The van der Waals surface area contributed by atoms with Gasteiger partial charge in [0.05, 0.1) is 12.7 Å². The summed E-state index contributed by atoms with van der Waals surface area (Å²) in [7, 11) is -2.70. The molecule has 0 bridgehead atoms. The van der Waals surface area contributed by atoms with Crippen molar-refractivity contribution in [2.75, 3.05) is 7.11 Å². The van der Waals surface area contributed by atoms with Crippen molar-refractivity contribution in [3.05, 3.63) is 58.1 Å². The molecule has 6 nitrogen and oxygen atoms in total. The predicted molar refractivity (Wildman–Crippen MR) is 87.6 cm³/mol. The Morgan fingerprint density at radius 1 is 1.22 bits per heavy atom. The van der Waals surface area contributed by atoms with Crippen molar-refractivity contribution >= 4 is 31.9 Å². The van der Waals surface area contributed by atoms with Gasteiger partial charge in [0.1, 0.15) is 17.3 Å². The average Bonchev–Trinajstić information content (AvgIpc) is 2.52. The number of primary sulfonamides is 1. The summed E-state index contributed by atoms with van der Waals surface area (Å²) in [5, 5.41) is 5.12. The SMILES string of the molecule is COc1ccc(C(=O)OCc2ccccc2Br)cc1S(N)(=O)=O. The third kappa shape index (κ3) is 4.31. The normalized spacial score (nSPS) is 11.1. The van der Waals surface area contributed by atoms with Crippen LogP contribution in [0.3, 0.4) is 0 Å². The lowest BCUT2D eigenvalue weighted by Gasteiger charge is -2.10. The molecule has 2 rings (SSSR count). The first-order chi connectivity index (χ1) is 10.8. The maximum Gasteiger partial charge on any atom is 0.338 e. The molecule has 0 aliphatic carbocycles. The zero-order chi connectivity index (χ0) is 17.0. The number of halogens is 1.